The smallest absolute Gasteiger partial charge is 0.0346 e. The summed E-state index contributed by atoms with van der Waals surface area (Å²) in [7, 11) is 0. The van der Waals surface area contributed by atoms with Crippen molar-refractivity contribution in [3.63, 3.8) is 0 Å². The van der Waals surface area contributed by atoms with Gasteiger partial charge < -0.3 is 0 Å². The predicted molar refractivity (Wildman–Crippen MR) is 24.5 cm³/mol. The maximum atomic E-state index is 4.66. The van der Waals surface area contributed by atoms with E-state index in [4.69, 9.17) is 0 Å². The lowest BCUT2D eigenvalue weighted by atomic mass is 12.6. The second kappa shape index (κ2) is 3.61. The van der Waals surface area contributed by atoms with E-state index in [0.29, 0.717) is 0 Å². The Hall–Kier alpha value is 0.610. The Morgan fingerprint density at radius 2 is 2.00 bits per heavy atom. The first kappa shape index (κ1) is 4.61. The SMILES string of the molecule is NNNI. The molecule has 0 aromatic rings. The molecule has 0 rings (SSSR count). The Kier molecular flexibility index (Phi) is 4.16. The van der Waals surface area contributed by atoms with E-state index in [9.17, 15) is 0 Å². The minimum atomic E-state index is 1.87. The summed E-state index contributed by atoms with van der Waals surface area (Å²) >= 11 is 1.87. The standard InChI is InChI=1S/H4IN3/c1-3-4-2/h3-4H,2H2. The van der Waals surface area contributed by atoms with Gasteiger partial charge in [0.25, 0.3) is 0 Å². The van der Waals surface area contributed by atoms with Gasteiger partial charge in [-0.15, -0.1) is 0 Å². The van der Waals surface area contributed by atoms with Crippen LogP contribution in [0.15, 0.2) is 0 Å². The lowest BCUT2D eigenvalue weighted by molar-refractivity contribution is 0.760. The van der Waals surface area contributed by atoms with E-state index in [2.05, 4.69) is 15.0 Å². The van der Waals surface area contributed by atoms with E-state index in [1.165, 1.54) is 0 Å². The molecule has 26 valence electrons. The van der Waals surface area contributed by atoms with Gasteiger partial charge in [-0.05, 0) is 0 Å². The summed E-state index contributed by atoms with van der Waals surface area (Å²) < 4.78 is 2.43. The van der Waals surface area contributed by atoms with E-state index >= 15 is 0 Å². The minimum absolute atomic E-state index is 1.87. The van der Waals surface area contributed by atoms with Gasteiger partial charge in [0.05, 0.1) is 0 Å². The molecule has 0 atom stereocenters. The third-order valence-electron chi connectivity index (χ3n) is 0.0546. The first-order valence-electron chi connectivity index (χ1n) is 0.728. The van der Waals surface area contributed by atoms with Crippen molar-refractivity contribution >= 4 is 22.9 Å². The zero-order valence-electron chi connectivity index (χ0n) is 1.96. The summed E-state index contributed by atoms with van der Waals surface area (Å²) in [5.74, 6) is 4.66. The summed E-state index contributed by atoms with van der Waals surface area (Å²) in [6.07, 6.45) is 0. The highest BCUT2D eigenvalue weighted by Crippen LogP contribution is 1.49. The third kappa shape index (κ3) is 2.61. The highest BCUT2D eigenvalue weighted by atomic mass is 127. The third-order valence-corrected chi connectivity index (χ3v) is 0.366. The maximum Gasteiger partial charge on any atom is 0.0346 e. The molecule has 0 bridgehead atoms. The Labute approximate surface area is 38.4 Å². The first-order valence-corrected chi connectivity index (χ1v) is 1.81. The van der Waals surface area contributed by atoms with Gasteiger partial charge in [-0.3, -0.25) is 5.84 Å². The average Bonchev–Trinajstić information content (AvgIpc) is 1.37. The lowest BCUT2D eigenvalue weighted by Crippen LogP contribution is -2.29. The van der Waals surface area contributed by atoms with E-state index < -0.39 is 0 Å². The fourth-order valence-corrected chi connectivity index (χ4v) is 0. The molecule has 0 spiro atoms. The molecule has 0 aromatic heterocycles. The van der Waals surface area contributed by atoms with Gasteiger partial charge in [0, 0.05) is 22.9 Å². The van der Waals surface area contributed by atoms with Crippen LogP contribution < -0.4 is 15.0 Å². The number of hydrazine groups is 2. The van der Waals surface area contributed by atoms with Crippen LogP contribution in [0.4, 0.5) is 0 Å². The molecule has 4 N–H and O–H groups in total. The van der Waals surface area contributed by atoms with E-state index in [1.807, 2.05) is 22.9 Å². The van der Waals surface area contributed by atoms with Crippen LogP contribution in [0, 0.1) is 0 Å². The maximum absolute atomic E-state index is 4.66. The van der Waals surface area contributed by atoms with E-state index in [0.717, 1.165) is 0 Å². The van der Waals surface area contributed by atoms with Crippen molar-refractivity contribution in [2.24, 2.45) is 5.84 Å². The Morgan fingerprint density at radius 1 is 1.75 bits per heavy atom. The van der Waals surface area contributed by atoms with Crippen LogP contribution >= 0.6 is 22.9 Å². The molecular weight excluding hydrogens is 169 g/mol. The molecule has 0 heterocycles. The van der Waals surface area contributed by atoms with Crippen molar-refractivity contribution in [1.82, 2.24) is 9.17 Å². The highest BCUT2D eigenvalue weighted by Gasteiger charge is 1.46. The second-order valence-corrected chi connectivity index (χ2v) is 0.778. The van der Waals surface area contributed by atoms with Crippen molar-refractivity contribution < 1.29 is 0 Å². The summed E-state index contributed by atoms with van der Waals surface area (Å²) in [6, 6.07) is 0. The quantitative estimate of drug-likeness (QED) is 0.213. The molecule has 0 aliphatic carbocycles. The van der Waals surface area contributed by atoms with Gasteiger partial charge in [-0.25, -0.2) is 0 Å². The van der Waals surface area contributed by atoms with E-state index in [-0.39, 0.29) is 0 Å². The zero-order valence-corrected chi connectivity index (χ0v) is 4.11. The molecule has 0 fully saturated rings. The fraction of sp³-hybridized carbons (Fsp3) is 0. The molecule has 0 aromatic carbocycles. The average molecular weight is 173 g/mol. The van der Waals surface area contributed by atoms with Gasteiger partial charge >= 0.3 is 0 Å². The predicted octanol–water partition coefficient (Wildman–Crippen LogP) is -0.696. The minimum Gasteiger partial charge on any atom is -0.257 e. The van der Waals surface area contributed by atoms with Crippen molar-refractivity contribution in [3.05, 3.63) is 0 Å². The van der Waals surface area contributed by atoms with Gasteiger partial charge in [-0.2, -0.15) is 9.17 Å². The molecule has 0 saturated heterocycles. The summed E-state index contributed by atoms with van der Waals surface area (Å²) in [4.78, 5) is 0. The number of nitrogens with one attached hydrogen (secondary N) is 2. The topological polar surface area (TPSA) is 50.1 Å². The molecule has 0 saturated carbocycles. The summed E-state index contributed by atoms with van der Waals surface area (Å²) in [5.41, 5.74) is 2.17. The van der Waals surface area contributed by atoms with Crippen molar-refractivity contribution in [2.75, 3.05) is 0 Å². The van der Waals surface area contributed by atoms with Crippen LogP contribution in [0.25, 0.3) is 0 Å². The molecule has 4 heteroatoms. The Morgan fingerprint density at radius 3 is 2.00 bits per heavy atom. The van der Waals surface area contributed by atoms with Gasteiger partial charge in [0.15, 0.2) is 0 Å². The zero-order chi connectivity index (χ0) is 3.41. The molecule has 0 aliphatic heterocycles. The largest absolute Gasteiger partial charge is 0.257 e. The number of halogens is 1. The molecule has 4 heavy (non-hydrogen) atoms. The van der Waals surface area contributed by atoms with Crippen LogP contribution in [-0.2, 0) is 0 Å². The highest BCUT2D eigenvalue weighted by molar-refractivity contribution is 14.1. The van der Waals surface area contributed by atoms with Crippen molar-refractivity contribution in [3.8, 4) is 0 Å². The van der Waals surface area contributed by atoms with Crippen LogP contribution in [0.1, 0.15) is 0 Å². The van der Waals surface area contributed by atoms with Gasteiger partial charge in [0.1, 0.15) is 0 Å². The van der Waals surface area contributed by atoms with Crippen LogP contribution in [0.5, 0.6) is 0 Å². The van der Waals surface area contributed by atoms with Crippen LogP contribution in [0.3, 0.4) is 0 Å². The molecule has 0 radical (unpaired) electrons. The van der Waals surface area contributed by atoms with Gasteiger partial charge in [-0.1, -0.05) is 0 Å². The van der Waals surface area contributed by atoms with Crippen molar-refractivity contribution in [2.45, 2.75) is 0 Å². The molecule has 3 nitrogen and oxygen atoms in total. The second-order valence-electron chi connectivity index (χ2n) is 0.239. The number of hydrogen-bond acceptors (Lipinski definition) is 3. The molecule has 0 aliphatic rings. The Bertz CT molecular complexity index is 5.25. The number of rotatable bonds is 1. The van der Waals surface area contributed by atoms with Crippen LogP contribution in [0.2, 0.25) is 0 Å². The summed E-state index contributed by atoms with van der Waals surface area (Å²) in [5, 5.41) is 0. The monoisotopic (exact) mass is 173 g/mol. The molecule has 0 unspecified atom stereocenters. The van der Waals surface area contributed by atoms with Crippen molar-refractivity contribution in [1.29, 1.82) is 0 Å². The summed E-state index contributed by atoms with van der Waals surface area (Å²) in [6.45, 7) is 0. The number of nitrogens with two attached hydrogens (primary N) is 1. The van der Waals surface area contributed by atoms with Crippen LogP contribution in [-0.4, -0.2) is 0 Å². The van der Waals surface area contributed by atoms with Gasteiger partial charge in [0.2, 0.25) is 0 Å². The number of hydrogen-bond donors (Lipinski definition) is 3. The Balaban J connectivity index is 1.97. The molecule has 0 amide bonds. The van der Waals surface area contributed by atoms with E-state index in [1.54, 1.807) is 0 Å². The normalized spacial score (nSPS) is 7.50. The fourth-order valence-electron chi connectivity index (χ4n) is 0. The first-order chi connectivity index (χ1) is 1.91. The molecular formula is H4IN3. The lowest BCUT2D eigenvalue weighted by Gasteiger charge is -1.79.